The van der Waals surface area contributed by atoms with Crippen LogP contribution < -0.4 is 11.3 Å². The average Bonchev–Trinajstić information content (AvgIpc) is 3.20. The maximum Gasteiger partial charge on any atom is 0.437 e. The van der Waals surface area contributed by atoms with Gasteiger partial charge in [0.2, 0.25) is 5.89 Å². The molecule has 9 nitrogen and oxygen atoms in total. The van der Waals surface area contributed by atoms with E-state index in [9.17, 15) is 9.59 Å². The number of rotatable bonds is 5. The Morgan fingerprint density at radius 2 is 1.85 bits per heavy atom. The van der Waals surface area contributed by atoms with Crippen molar-refractivity contribution in [2.75, 3.05) is 0 Å². The van der Waals surface area contributed by atoms with Crippen molar-refractivity contribution in [3.8, 4) is 0 Å². The highest BCUT2D eigenvalue weighted by molar-refractivity contribution is 9.10. The van der Waals surface area contributed by atoms with Crippen molar-refractivity contribution < 1.29 is 4.42 Å². The number of fused-ring (bicyclic) bond motifs is 1. The topological polar surface area (TPSA) is 101 Å². The second-order valence-corrected chi connectivity index (χ2v) is 6.98. The molecule has 0 bridgehead atoms. The normalized spacial score (nSPS) is 11.3. The number of hydrogen-bond acceptors (Lipinski definition) is 6. The van der Waals surface area contributed by atoms with E-state index in [0.717, 1.165) is 10.0 Å². The molecule has 0 atom stereocenters. The fraction of sp³-hybridized carbons (Fsp3) is 0.235. The summed E-state index contributed by atoms with van der Waals surface area (Å²) in [6.07, 6.45) is 3.54. The predicted octanol–water partition coefficient (Wildman–Crippen LogP) is 1.33. The summed E-state index contributed by atoms with van der Waals surface area (Å²) in [6.45, 7) is 0.408. The lowest BCUT2D eigenvalue weighted by Gasteiger charge is -2.02. The maximum atomic E-state index is 12.5. The summed E-state index contributed by atoms with van der Waals surface area (Å²) < 4.78 is 10.4. The van der Waals surface area contributed by atoms with Crippen molar-refractivity contribution in [2.45, 2.75) is 19.5 Å². The number of imidazole rings is 1. The molecule has 0 unspecified atom stereocenters. The number of aromatic nitrogens is 6. The Bertz CT molecular complexity index is 1220. The summed E-state index contributed by atoms with van der Waals surface area (Å²) in [6, 6.07) is 7.84. The highest BCUT2D eigenvalue weighted by Crippen LogP contribution is 2.11. The Balaban J connectivity index is 1.54. The maximum absolute atomic E-state index is 12.5. The van der Waals surface area contributed by atoms with Crippen LogP contribution >= 0.6 is 15.9 Å². The van der Waals surface area contributed by atoms with E-state index in [1.807, 2.05) is 24.3 Å². The Morgan fingerprint density at radius 3 is 2.63 bits per heavy atom. The molecule has 0 radical (unpaired) electrons. The van der Waals surface area contributed by atoms with Crippen LogP contribution in [0.3, 0.4) is 0 Å². The van der Waals surface area contributed by atoms with Gasteiger partial charge in [0.25, 0.3) is 5.56 Å². The van der Waals surface area contributed by atoms with Gasteiger partial charge in [0.05, 0.1) is 12.9 Å². The Labute approximate surface area is 161 Å². The molecule has 1 aromatic carbocycles. The van der Waals surface area contributed by atoms with Crippen LogP contribution in [0.1, 0.15) is 11.5 Å². The second-order valence-electron chi connectivity index (χ2n) is 6.07. The van der Waals surface area contributed by atoms with Gasteiger partial charge in [-0.3, -0.25) is 9.36 Å². The summed E-state index contributed by atoms with van der Waals surface area (Å²) in [5.41, 5.74) is 1.57. The first-order valence-electron chi connectivity index (χ1n) is 8.19. The third-order valence-electron chi connectivity index (χ3n) is 4.18. The molecule has 0 saturated heterocycles. The van der Waals surface area contributed by atoms with Crippen LogP contribution in [-0.2, 0) is 26.6 Å². The molecule has 0 N–H and O–H groups in total. The lowest BCUT2D eigenvalue weighted by Crippen LogP contribution is -2.22. The van der Waals surface area contributed by atoms with Crippen LogP contribution in [0.25, 0.3) is 11.2 Å². The zero-order valence-electron chi connectivity index (χ0n) is 14.4. The van der Waals surface area contributed by atoms with E-state index in [1.165, 1.54) is 21.9 Å². The average molecular weight is 431 g/mol. The summed E-state index contributed by atoms with van der Waals surface area (Å²) in [5, 5.41) is 4.19. The highest BCUT2D eigenvalue weighted by Gasteiger charge is 2.13. The van der Waals surface area contributed by atoms with Crippen LogP contribution in [0.2, 0.25) is 0 Å². The number of benzene rings is 1. The number of halogens is 1. The minimum atomic E-state index is -0.551. The first-order valence-corrected chi connectivity index (χ1v) is 8.98. The third kappa shape index (κ3) is 3.47. The quantitative estimate of drug-likeness (QED) is 0.473. The zero-order valence-corrected chi connectivity index (χ0v) is 16.0. The largest absolute Gasteiger partial charge is 0.437 e. The van der Waals surface area contributed by atoms with Gasteiger partial charge in [-0.15, -0.1) is 5.10 Å². The molecule has 3 heterocycles. The molecule has 4 rings (SSSR count). The Hall–Kier alpha value is -3.01. The number of aryl methyl sites for hydroxylation is 3. The molecule has 0 saturated carbocycles. The van der Waals surface area contributed by atoms with E-state index in [1.54, 1.807) is 11.6 Å². The van der Waals surface area contributed by atoms with Gasteiger partial charge in [-0.25, -0.2) is 14.8 Å². The molecule has 0 spiro atoms. The van der Waals surface area contributed by atoms with Gasteiger partial charge in [-0.05, 0) is 24.1 Å². The molecular weight excluding hydrogens is 416 g/mol. The van der Waals surface area contributed by atoms with Crippen LogP contribution in [0.4, 0.5) is 0 Å². The van der Waals surface area contributed by atoms with Gasteiger partial charge in [0.15, 0.2) is 11.2 Å². The van der Waals surface area contributed by atoms with E-state index in [2.05, 4.69) is 31.0 Å². The third-order valence-corrected chi connectivity index (χ3v) is 4.71. The van der Waals surface area contributed by atoms with Crippen LogP contribution in [0.15, 0.2) is 55.4 Å². The number of hydrogen-bond donors (Lipinski definition) is 0. The number of nitrogens with zero attached hydrogens (tertiary/aromatic N) is 6. The minimum absolute atomic E-state index is 0.0213. The Kier molecular flexibility index (Phi) is 4.48. The SMILES string of the molecule is Cn1cnc2ncn(Cc3nn(CCc4ccc(Br)cc4)c(=O)o3)c(=O)c21. The lowest BCUT2D eigenvalue weighted by atomic mass is 10.1. The highest BCUT2D eigenvalue weighted by atomic mass is 79.9. The monoisotopic (exact) mass is 430 g/mol. The molecule has 0 aliphatic heterocycles. The molecule has 0 fully saturated rings. The smallest absolute Gasteiger partial charge is 0.390 e. The van der Waals surface area contributed by atoms with Crippen molar-refractivity contribution in [1.82, 2.24) is 28.9 Å². The van der Waals surface area contributed by atoms with E-state index >= 15 is 0 Å². The second kappa shape index (κ2) is 6.95. The van der Waals surface area contributed by atoms with Crippen LogP contribution in [0, 0.1) is 0 Å². The summed E-state index contributed by atoms with van der Waals surface area (Å²) in [4.78, 5) is 32.8. The van der Waals surface area contributed by atoms with Crippen molar-refractivity contribution >= 4 is 27.1 Å². The summed E-state index contributed by atoms with van der Waals surface area (Å²) in [7, 11) is 1.72. The first-order chi connectivity index (χ1) is 13.0. The van der Waals surface area contributed by atoms with Crippen LogP contribution in [0.5, 0.6) is 0 Å². The fourth-order valence-corrected chi connectivity index (χ4v) is 3.04. The van der Waals surface area contributed by atoms with Gasteiger partial charge in [-0.1, -0.05) is 28.1 Å². The van der Waals surface area contributed by atoms with Crippen molar-refractivity contribution in [2.24, 2.45) is 7.05 Å². The van der Waals surface area contributed by atoms with Crippen molar-refractivity contribution in [3.05, 3.63) is 73.8 Å². The van der Waals surface area contributed by atoms with Crippen molar-refractivity contribution in [1.29, 1.82) is 0 Å². The minimum Gasteiger partial charge on any atom is -0.390 e. The molecule has 10 heteroatoms. The standard InChI is InChI=1S/C17H15BrN6O3/c1-22-9-19-15-14(22)16(25)23(10-20-15)8-13-21-24(17(26)27-13)7-6-11-2-4-12(18)5-3-11/h2-5,9-10H,6-8H2,1H3. The zero-order chi connectivity index (χ0) is 19.0. The van der Waals surface area contributed by atoms with Gasteiger partial charge < -0.3 is 8.98 Å². The van der Waals surface area contributed by atoms with Crippen LogP contribution in [-0.4, -0.2) is 28.9 Å². The predicted molar refractivity (Wildman–Crippen MR) is 100 cm³/mol. The molecule has 0 aliphatic rings. The summed E-state index contributed by atoms with van der Waals surface area (Å²) in [5.74, 6) is -0.397. The summed E-state index contributed by atoms with van der Waals surface area (Å²) >= 11 is 3.39. The fourth-order valence-electron chi connectivity index (χ4n) is 2.77. The first kappa shape index (κ1) is 17.4. The molecule has 27 heavy (non-hydrogen) atoms. The van der Waals surface area contributed by atoms with E-state index < -0.39 is 5.76 Å². The lowest BCUT2D eigenvalue weighted by molar-refractivity contribution is 0.434. The molecule has 3 aromatic heterocycles. The molecule has 0 aliphatic carbocycles. The van der Waals surface area contributed by atoms with Gasteiger partial charge >= 0.3 is 5.76 Å². The molecule has 4 aromatic rings. The Morgan fingerprint density at radius 1 is 1.11 bits per heavy atom. The van der Waals surface area contributed by atoms with E-state index in [4.69, 9.17) is 4.42 Å². The molecule has 0 amide bonds. The van der Waals surface area contributed by atoms with Gasteiger partial charge in [0.1, 0.15) is 12.9 Å². The van der Waals surface area contributed by atoms with E-state index in [0.29, 0.717) is 24.1 Å². The molecular formula is C17H15BrN6O3. The van der Waals surface area contributed by atoms with Gasteiger partial charge in [0, 0.05) is 11.5 Å². The molecule has 138 valence electrons. The van der Waals surface area contributed by atoms with Gasteiger partial charge in [-0.2, -0.15) is 4.68 Å². The van der Waals surface area contributed by atoms with E-state index in [-0.39, 0.29) is 18.0 Å². The van der Waals surface area contributed by atoms with Crippen molar-refractivity contribution in [3.63, 3.8) is 0 Å².